The maximum Gasteiger partial charge on any atom is 0.407 e. The highest BCUT2D eigenvalue weighted by Crippen LogP contribution is 2.45. The minimum absolute atomic E-state index is 0.0212. The van der Waals surface area contributed by atoms with Gasteiger partial charge in [-0.15, -0.1) is 0 Å². The lowest BCUT2D eigenvalue weighted by molar-refractivity contribution is -0.136. The van der Waals surface area contributed by atoms with Crippen molar-refractivity contribution in [3.63, 3.8) is 0 Å². The molecule has 70 heavy (non-hydrogen) atoms. The third-order valence-electron chi connectivity index (χ3n) is 14.1. The summed E-state index contributed by atoms with van der Waals surface area (Å²) in [5.41, 5.74) is 8.68. The molecule has 0 radical (unpaired) electrons. The number of anilines is 1. The van der Waals surface area contributed by atoms with Crippen LogP contribution in [0.5, 0.6) is 0 Å². The molecule has 0 bridgehead atoms. The van der Waals surface area contributed by atoms with Gasteiger partial charge in [0, 0.05) is 30.3 Å². The van der Waals surface area contributed by atoms with Crippen LogP contribution < -0.4 is 15.5 Å². The van der Waals surface area contributed by atoms with Crippen molar-refractivity contribution < 1.29 is 28.7 Å². The molecule has 372 valence electrons. The number of aromatic amines is 2. The van der Waals surface area contributed by atoms with E-state index in [4.69, 9.17) is 19.4 Å². The number of H-pyrrole nitrogens is 2. The van der Waals surface area contributed by atoms with E-state index < -0.39 is 24.3 Å². The number of carbonyl (C=O) groups is 4. The van der Waals surface area contributed by atoms with Crippen LogP contribution in [0.1, 0.15) is 127 Å². The minimum Gasteiger partial charge on any atom is -0.453 e. The van der Waals surface area contributed by atoms with Crippen molar-refractivity contribution in [2.24, 2.45) is 11.8 Å². The van der Waals surface area contributed by atoms with Crippen molar-refractivity contribution in [1.82, 2.24) is 40.4 Å². The van der Waals surface area contributed by atoms with Crippen molar-refractivity contribution in [2.45, 2.75) is 116 Å². The molecule has 16 heteroatoms. The van der Waals surface area contributed by atoms with Gasteiger partial charge in [-0.3, -0.25) is 9.59 Å². The normalized spacial score (nSPS) is 20.4. The number of carbonyl (C=O) groups excluding carboxylic acids is 4. The lowest BCUT2D eigenvalue weighted by Gasteiger charge is -2.44. The molecule has 3 aromatic carbocycles. The van der Waals surface area contributed by atoms with Crippen LogP contribution in [-0.2, 0) is 24.5 Å². The van der Waals surface area contributed by atoms with Gasteiger partial charge in [-0.25, -0.2) is 19.6 Å². The molecule has 6 atom stereocenters. The number of methoxy groups -OCH3 is 2. The number of hydrogen-bond donors (Lipinski definition) is 4. The van der Waals surface area contributed by atoms with Gasteiger partial charge in [-0.1, -0.05) is 109 Å². The summed E-state index contributed by atoms with van der Waals surface area (Å²) in [5.74, 6) is 2.82. The molecular formula is C54H69N9O6S. The molecular weight excluding hydrogens is 903 g/mol. The molecule has 0 unspecified atom stereocenters. The summed E-state index contributed by atoms with van der Waals surface area (Å²) >= 11 is 1.96. The molecule has 4 amide bonds. The summed E-state index contributed by atoms with van der Waals surface area (Å²) in [6.45, 7) is 15.6. The summed E-state index contributed by atoms with van der Waals surface area (Å²) in [7, 11) is 2.60. The zero-order valence-corrected chi connectivity index (χ0v) is 42.8. The first kappa shape index (κ1) is 50.1. The fourth-order valence-corrected chi connectivity index (χ4v) is 11.4. The number of ether oxygens (including phenoxy) is 2. The molecule has 0 spiro atoms. The Morgan fingerprint density at radius 3 is 1.41 bits per heavy atom. The summed E-state index contributed by atoms with van der Waals surface area (Å²) in [6, 6.07) is 25.0. The maximum absolute atomic E-state index is 13.8. The standard InChI is InChI=1S/C54H69N9O6S/c1-32(2)46(59-52(66)68-8)50(64)61-26-10-12-42(61)48-55-28-40(57-48)34-14-18-36(19-15-34)44-30-70-31-45(63(44)39-24-22-38(23-25-39)54(5,6)7)37-20-16-35(17-21-37)41-29-56-49(58-41)43-13-11-27-62(43)51(65)47(33(3)4)60-53(67)69-9/h14-25,28-29,32-33,42-47H,10-13,26-27,30-31H2,1-9H3,(H,55,57)(H,56,58)(H,59,66)(H,60,67)/t42-,43-,44+,45+,46-,47-/m0/s1. The Labute approximate surface area is 416 Å². The average molecular weight is 972 g/mol. The largest absolute Gasteiger partial charge is 0.453 e. The molecule has 3 fully saturated rings. The fourth-order valence-electron chi connectivity index (χ4n) is 10.1. The fraction of sp³-hybridized carbons (Fsp3) is 0.481. The molecule has 3 saturated heterocycles. The van der Waals surface area contributed by atoms with Gasteiger partial charge in [0.05, 0.1) is 62.2 Å². The predicted molar refractivity (Wildman–Crippen MR) is 274 cm³/mol. The lowest BCUT2D eigenvalue weighted by atomic mass is 9.87. The predicted octanol–water partition coefficient (Wildman–Crippen LogP) is 9.89. The molecule has 5 heterocycles. The number of likely N-dealkylation sites (tertiary alicyclic amines) is 2. The Morgan fingerprint density at radius 2 is 1.04 bits per heavy atom. The highest BCUT2D eigenvalue weighted by Gasteiger charge is 2.40. The van der Waals surface area contributed by atoms with E-state index in [-0.39, 0.29) is 53.2 Å². The third kappa shape index (κ3) is 10.7. The Morgan fingerprint density at radius 1 is 0.629 bits per heavy atom. The topological polar surface area (TPSA) is 178 Å². The van der Waals surface area contributed by atoms with Crippen LogP contribution in [0.15, 0.2) is 85.2 Å². The molecule has 3 aliphatic heterocycles. The van der Waals surface area contributed by atoms with Gasteiger partial charge in [-0.05, 0) is 82.9 Å². The number of rotatable bonds is 13. The van der Waals surface area contributed by atoms with Gasteiger partial charge in [0.2, 0.25) is 11.8 Å². The number of imidazole rings is 2. The van der Waals surface area contributed by atoms with Gasteiger partial charge in [0.1, 0.15) is 23.7 Å². The second-order valence-corrected chi connectivity index (χ2v) is 21.6. The van der Waals surface area contributed by atoms with Crippen LogP contribution in [0, 0.1) is 11.8 Å². The average Bonchev–Trinajstić information content (AvgIpc) is 4.22. The highest BCUT2D eigenvalue weighted by molar-refractivity contribution is 7.99. The Bertz CT molecular complexity index is 2450. The number of aromatic nitrogens is 4. The van der Waals surface area contributed by atoms with Gasteiger partial charge < -0.3 is 44.8 Å². The van der Waals surface area contributed by atoms with Crippen LogP contribution >= 0.6 is 11.8 Å². The van der Waals surface area contributed by atoms with E-state index >= 15 is 0 Å². The summed E-state index contributed by atoms with van der Waals surface area (Å²) in [6.07, 6.45) is 5.71. The minimum atomic E-state index is -0.697. The van der Waals surface area contributed by atoms with Gasteiger partial charge in [-0.2, -0.15) is 11.8 Å². The molecule has 4 N–H and O–H groups in total. The number of nitrogens with zero attached hydrogens (tertiary/aromatic N) is 5. The van der Waals surface area contributed by atoms with Crippen LogP contribution in [0.2, 0.25) is 0 Å². The van der Waals surface area contributed by atoms with Crippen molar-refractivity contribution in [3.05, 3.63) is 114 Å². The number of alkyl carbamates (subject to hydrolysis) is 2. The van der Waals surface area contributed by atoms with E-state index in [2.05, 4.69) is 119 Å². The number of thioether (sulfide) groups is 1. The lowest BCUT2D eigenvalue weighted by Crippen LogP contribution is -2.51. The zero-order chi connectivity index (χ0) is 49.9. The van der Waals surface area contributed by atoms with Gasteiger partial charge in [0.15, 0.2) is 0 Å². The monoisotopic (exact) mass is 972 g/mol. The second-order valence-electron chi connectivity index (χ2n) is 20.5. The first-order valence-electron chi connectivity index (χ1n) is 24.6. The summed E-state index contributed by atoms with van der Waals surface area (Å²) in [5, 5.41) is 5.46. The second kappa shape index (κ2) is 21.4. The van der Waals surface area contributed by atoms with E-state index in [0.29, 0.717) is 13.1 Å². The Hall–Kier alpha value is -6.29. The third-order valence-corrected chi connectivity index (χ3v) is 15.2. The van der Waals surface area contributed by atoms with E-state index in [0.717, 1.165) is 71.4 Å². The quantitative estimate of drug-likeness (QED) is 0.0888. The number of amides is 4. The van der Waals surface area contributed by atoms with E-state index in [1.807, 2.05) is 61.7 Å². The van der Waals surface area contributed by atoms with Crippen molar-refractivity contribution >= 4 is 41.5 Å². The molecule has 2 aromatic heterocycles. The summed E-state index contributed by atoms with van der Waals surface area (Å²) in [4.78, 5) is 74.7. The van der Waals surface area contributed by atoms with Crippen molar-refractivity contribution in [3.8, 4) is 22.5 Å². The molecule has 8 rings (SSSR count). The molecule has 3 aliphatic rings. The van der Waals surface area contributed by atoms with Gasteiger partial charge >= 0.3 is 12.2 Å². The Kier molecular flexibility index (Phi) is 15.3. The van der Waals surface area contributed by atoms with Crippen LogP contribution in [0.3, 0.4) is 0 Å². The van der Waals surface area contributed by atoms with E-state index in [1.54, 1.807) is 0 Å². The number of nitrogens with one attached hydrogen (secondary N) is 4. The zero-order valence-electron chi connectivity index (χ0n) is 42.0. The molecule has 0 saturated carbocycles. The number of hydrogen-bond acceptors (Lipinski definition) is 10. The SMILES string of the molecule is COC(=O)N[C@H](C(=O)N1CCC[C@H]1c1ncc(-c2ccc([C@H]3CSC[C@H](c4ccc(-c5cnc([C@@H]6CCCN6C(=O)[C@@H](NC(=O)OC)C(C)C)[nH]5)cc4)N3c3ccc(C(C)(C)C)cc3)cc2)[nH]1)C(C)C. The highest BCUT2D eigenvalue weighted by atomic mass is 32.2. The molecule has 15 nitrogen and oxygen atoms in total. The van der Waals surface area contributed by atoms with Crippen LogP contribution in [0.4, 0.5) is 15.3 Å². The smallest absolute Gasteiger partial charge is 0.407 e. The number of benzene rings is 3. The first-order chi connectivity index (χ1) is 33.6. The van der Waals surface area contributed by atoms with Gasteiger partial charge in [0.25, 0.3) is 0 Å². The maximum atomic E-state index is 13.8. The summed E-state index contributed by atoms with van der Waals surface area (Å²) < 4.78 is 9.63. The first-order valence-corrected chi connectivity index (χ1v) is 25.8. The van der Waals surface area contributed by atoms with Crippen LogP contribution in [0.25, 0.3) is 22.5 Å². The van der Waals surface area contributed by atoms with Crippen LogP contribution in [-0.4, -0.2) is 105 Å². The Balaban J connectivity index is 1.02. The molecule has 5 aromatic rings. The van der Waals surface area contributed by atoms with Crippen molar-refractivity contribution in [2.75, 3.05) is 43.7 Å². The van der Waals surface area contributed by atoms with E-state index in [9.17, 15) is 19.2 Å². The molecule has 0 aliphatic carbocycles. The van der Waals surface area contributed by atoms with E-state index in [1.165, 1.54) is 36.6 Å². The van der Waals surface area contributed by atoms with Crippen molar-refractivity contribution in [1.29, 1.82) is 0 Å².